The van der Waals surface area contributed by atoms with E-state index in [1.54, 1.807) is 0 Å². The van der Waals surface area contributed by atoms with Crippen LogP contribution in [-0.2, 0) is 4.79 Å². The second-order valence-corrected chi connectivity index (χ2v) is 3.32. The van der Waals surface area contributed by atoms with Crippen molar-refractivity contribution in [1.29, 1.82) is 0 Å². The van der Waals surface area contributed by atoms with Crippen molar-refractivity contribution in [2.75, 3.05) is 0 Å². The molecule has 0 atom stereocenters. The number of aromatic hydroxyl groups is 1. The number of halogens is 2. The van der Waals surface area contributed by atoms with Gasteiger partial charge in [0.2, 0.25) is 0 Å². The maximum absolute atomic E-state index is 13.2. The molecule has 0 heterocycles. The first-order valence-electron chi connectivity index (χ1n) is 3.60. The Labute approximate surface area is 87.6 Å². The maximum Gasteiger partial charge on any atom is 0.328 e. The number of phenols is 1. The van der Waals surface area contributed by atoms with Gasteiger partial charge in [0.25, 0.3) is 0 Å². The first-order chi connectivity index (χ1) is 6.52. The second kappa shape index (κ2) is 4.23. The van der Waals surface area contributed by atoms with Gasteiger partial charge < -0.3 is 10.2 Å². The van der Waals surface area contributed by atoms with E-state index in [4.69, 9.17) is 10.2 Å². The van der Waals surface area contributed by atoms with Crippen LogP contribution in [0.3, 0.4) is 0 Å². The van der Waals surface area contributed by atoms with Gasteiger partial charge in [0.1, 0.15) is 0 Å². The molecule has 0 aliphatic rings. The summed E-state index contributed by atoms with van der Waals surface area (Å²) in [6.07, 6.45) is 1.87. The molecule has 0 spiro atoms. The zero-order chi connectivity index (χ0) is 10.7. The second-order valence-electron chi connectivity index (χ2n) is 2.47. The Bertz CT molecular complexity index is 401. The molecule has 0 bridgehead atoms. The average Bonchev–Trinajstić information content (AvgIpc) is 2.11. The van der Waals surface area contributed by atoms with Crippen LogP contribution in [0.25, 0.3) is 6.08 Å². The molecule has 1 aromatic carbocycles. The lowest BCUT2D eigenvalue weighted by molar-refractivity contribution is -0.131. The Morgan fingerprint density at radius 2 is 2.14 bits per heavy atom. The van der Waals surface area contributed by atoms with Gasteiger partial charge in [-0.05, 0) is 18.2 Å². The van der Waals surface area contributed by atoms with Crippen LogP contribution in [0.15, 0.2) is 22.7 Å². The fourth-order valence-electron chi connectivity index (χ4n) is 0.865. The topological polar surface area (TPSA) is 57.5 Å². The molecular weight excluding hydrogens is 255 g/mol. The van der Waals surface area contributed by atoms with Gasteiger partial charge in [-0.15, -0.1) is 0 Å². The van der Waals surface area contributed by atoms with Gasteiger partial charge in [-0.2, -0.15) is 0 Å². The highest BCUT2D eigenvalue weighted by atomic mass is 79.9. The van der Waals surface area contributed by atoms with E-state index in [1.165, 1.54) is 12.1 Å². The van der Waals surface area contributed by atoms with Crippen molar-refractivity contribution < 1.29 is 19.4 Å². The van der Waals surface area contributed by atoms with Crippen molar-refractivity contribution in [2.24, 2.45) is 0 Å². The van der Waals surface area contributed by atoms with E-state index in [9.17, 15) is 9.18 Å². The molecule has 3 nitrogen and oxygen atoms in total. The molecule has 0 aliphatic heterocycles. The molecule has 74 valence electrons. The molecule has 0 aliphatic carbocycles. The fourth-order valence-corrected chi connectivity index (χ4v) is 1.30. The Morgan fingerprint density at radius 3 is 2.71 bits per heavy atom. The molecular formula is C9H6BrFO3. The summed E-state index contributed by atoms with van der Waals surface area (Å²) in [4.78, 5) is 10.2. The molecule has 0 unspecified atom stereocenters. The van der Waals surface area contributed by atoms with Gasteiger partial charge in [0, 0.05) is 16.1 Å². The maximum atomic E-state index is 13.2. The zero-order valence-corrected chi connectivity index (χ0v) is 8.45. The number of benzene rings is 1. The molecule has 0 saturated carbocycles. The third-order valence-corrected chi connectivity index (χ3v) is 2.19. The summed E-state index contributed by atoms with van der Waals surface area (Å²) in [5.41, 5.74) is 0.00685. The molecule has 0 radical (unpaired) electrons. The minimum atomic E-state index is -1.18. The van der Waals surface area contributed by atoms with Crippen molar-refractivity contribution >= 4 is 28.0 Å². The monoisotopic (exact) mass is 260 g/mol. The predicted molar refractivity (Wildman–Crippen MR) is 52.4 cm³/mol. The van der Waals surface area contributed by atoms with Crippen LogP contribution >= 0.6 is 15.9 Å². The Balaban J connectivity index is 3.19. The lowest BCUT2D eigenvalue weighted by atomic mass is 10.2. The van der Waals surface area contributed by atoms with Gasteiger partial charge >= 0.3 is 5.97 Å². The number of carbonyl (C=O) groups is 1. The smallest absolute Gasteiger partial charge is 0.328 e. The molecule has 14 heavy (non-hydrogen) atoms. The van der Waals surface area contributed by atoms with E-state index in [2.05, 4.69) is 15.9 Å². The van der Waals surface area contributed by atoms with Crippen LogP contribution in [-0.4, -0.2) is 16.2 Å². The van der Waals surface area contributed by atoms with Crippen LogP contribution in [0.1, 0.15) is 5.56 Å². The quantitative estimate of drug-likeness (QED) is 0.803. The zero-order valence-electron chi connectivity index (χ0n) is 6.87. The van der Waals surface area contributed by atoms with E-state index in [1.807, 2.05) is 0 Å². The van der Waals surface area contributed by atoms with Crippen molar-refractivity contribution in [1.82, 2.24) is 0 Å². The number of carboxylic acid groups (broad SMARTS) is 1. The van der Waals surface area contributed by atoms with E-state index >= 15 is 0 Å². The van der Waals surface area contributed by atoms with Crippen LogP contribution in [0.5, 0.6) is 5.75 Å². The molecule has 1 rings (SSSR count). The normalized spacial score (nSPS) is 10.7. The number of hydrogen-bond acceptors (Lipinski definition) is 2. The lowest BCUT2D eigenvalue weighted by Crippen LogP contribution is -1.89. The van der Waals surface area contributed by atoms with E-state index in [0.29, 0.717) is 4.47 Å². The van der Waals surface area contributed by atoms with Crippen LogP contribution in [0, 0.1) is 5.82 Å². The van der Waals surface area contributed by atoms with Crippen molar-refractivity contribution in [3.63, 3.8) is 0 Å². The first-order valence-corrected chi connectivity index (χ1v) is 4.39. The third-order valence-electron chi connectivity index (χ3n) is 1.50. The number of hydrogen-bond donors (Lipinski definition) is 2. The van der Waals surface area contributed by atoms with Gasteiger partial charge in [-0.1, -0.05) is 15.9 Å². The highest BCUT2D eigenvalue weighted by Crippen LogP contribution is 2.27. The number of carboxylic acids is 1. The minimum absolute atomic E-state index is 0.00685. The Hall–Kier alpha value is -1.36. The van der Waals surface area contributed by atoms with Crippen molar-refractivity contribution in [3.05, 3.63) is 34.1 Å². The molecule has 5 heteroatoms. The lowest BCUT2D eigenvalue weighted by Gasteiger charge is -2.01. The largest absolute Gasteiger partial charge is 0.505 e. The van der Waals surface area contributed by atoms with Crippen molar-refractivity contribution in [3.8, 4) is 5.75 Å². The highest BCUT2D eigenvalue weighted by Gasteiger charge is 2.08. The summed E-state index contributed by atoms with van der Waals surface area (Å²) >= 11 is 3.04. The molecule has 0 saturated heterocycles. The van der Waals surface area contributed by atoms with Gasteiger partial charge in [0.05, 0.1) is 0 Å². The highest BCUT2D eigenvalue weighted by molar-refractivity contribution is 9.10. The van der Waals surface area contributed by atoms with Crippen LogP contribution in [0.2, 0.25) is 0 Å². The number of rotatable bonds is 2. The van der Waals surface area contributed by atoms with E-state index in [-0.39, 0.29) is 5.56 Å². The minimum Gasteiger partial charge on any atom is -0.505 e. The first kappa shape index (κ1) is 10.7. The fraction of sp³-hybridized carbons (Fsp3) is 0. The molecule has 0 amide bonds. The standard InChI is InChI=1S/C9H6BrFO3/c10-6-2-3-7(12)9(11)5(6)1-4-8(13)14/h1-4,12H,(H,13,14)/b4-1+. The summed E-state index contributed by atoms with van der Waals surface area (Å²) in [5, 5.41) is 17.4. The Kier molecular flexibility index (Phi) is 3.24. The summed E-state index contributed by atoms with van der Waals surface area (Å²) in [6.45, 7) is 0. The number of aliphatic carboxylic acids is 1. The molecule has 0 fully saturated rings. The predicted octanol–water partition coefficient (Wildman–Crippen LogP) is 2.39. The number of phenolic OH excluding ortho intramolecular Hbond substituents is 1. The summed E-state index contributed by atoms with van der Waals surface area (Å²) in [6, 6.07) is 2.61. The third kappa shape index (κ3) is 2.32. The van der Waals surface area contributed by atoms with E-state index in [0.717, 1.165) is 12.2 Å². The summed E-state index contributed by atoms with van der Waals surface area (Å²) in [7, 11) is 0. The van der Waals surface area contributed by atoms with E-state index < -0.39 is 17.5 Å². The average molecular weight is 261 g/mol. The van der Waals surface area contributed by atoms with Crippen LogP contribution in [0.4, 0.5) is 4.39 Å². The van der Waals surface area contributed by atoms with Gasteiger partial charge in [0.15, 0.2) is 11.6 Å². The Morgan fingerprint density at radius 1 is 1.50 bits per heavy atom. The summed E-state index contributed by atoms with van der Waals surface area (Å²) in [5.74, 6) is -2.55. The SMILES string of the molecule is O=C(O)/C=C/c1c(Br)ccc(O)c1F. The molecule has 1 aromatic rings. The molecule has 0 aromatic heterocycles. The van der Waals surface area contributed by atoms with Crippen LogP contribution < -0.4 is 0 Å². The summed E-state index contributed by atoms with van der Waals surface area (Å²) < 4.78 is 13.6. The van der Waals surface area contributed by atoms with Gasteiger partial charge in [-0.3, -0.25) is 0 Å². The van der Waals surface area contributed by atoms with Crippen molar-refractivity contribution in [2.45, 2.75) is 0 Å². The molecule has 2 N–H and O–H groups in total. The van der Waals surface area contributed by atoms with Gasteiger partial charge in [-0.25, -0.2) is 9.18 Å².